The van der Waals surface area contributed by atoms with Crippen molar-refractivity contribution in [3.05, 3.63) is 30.3 Å². The average Bonchev–Trinajstić information content (AvgIpc) is 2.33. The number of para-hydroxylation sites is 1. The third kappa shape index (κ3) is 6.85. The summed E-state index contributed by atoms with van der Waals surface area (Å²) >= 11 is 0. The summed E-state index contributed by atoms with van der Waals surface area (Å²) in [4.78, 5) is 13.9. The van der Waals surface area contributed by atoms with Gasteiger partial charge in [0.05, 0.1) is 0 Å². The van der Waals surface area contributed by atoms with Crippen LogP contribution in [-0.4, -0.2) is 26.0 Å². The van der Waals surface area contributed by atoms with Gasteiger partial charge in [-0.1, -0.05) is 39.0 Å². The van der Waals surface area contributed by atoms with Crippen LogP contribution < -0.4 is 10.2 Å². The SMILES string of the molecule is CN(CCCNC(=O)CC(C)(C)C)c1ccccc1. The van der Waals surface area contributed by atoms with Crippen molar-refractivity contribution in [2.75, 3.05) is 25.0 Å². The van der Waals surface area contributed by atoms with E-state index in [1.807, 2.05) is 18.2 Å². The summed E-state index contributed by atoms with van der Waals surface area (Å²) < 4.78 is 0. The monoisotopic (exact) mass is 262 g/mol. The Bertz CT molecular complexity index is 381. The van der Waals surface area contributed by atoms with E-state index in [0.29, 0.717) is 6.42 Å². The molecule has 0 bridgehead atoms. The smallest absolute Gasteiger partial charge is 0.220 e. The second-order valence-corrected chi connectivity index (χ2v) is 6.20. The van der Waals surface area contributed by atoms with E-state index in [1.165, 1.54) is 5.69 Å². The molecule has 3 nitrogen and oxygen atoms in total. The quantitative estimate of drug-likeness (QED) is 0.799. The Morgan fingerprint density at radius 3 is 2.42 bits per heavy atom. The lowest BCUT2D eigenvalue weighted by Gasteiger charge is -2.20. The molecule has 0 unspecified atom stereocenters. The molecule has 0 spiro atoms. The first-order valence-corrected chi connectivity index (χ1v) is 6.91. The van der Waals surface area contributed by atoms with Crippen LogP contribution in [0.3, 0.4) is 0 Å². The molecule has 0 aromatic heterocycles. The maximum Gasteiger partial charge on any atom is 0.220 e. The number of nitrogens with one attached hydrogen (secondary N) is 1. The van der Waals surface area contributed by atoms with Crippen molar-refractivity contribution >= 4 is 11.6 Å². The molecule has 0 heterocycles. The Morgan fingerprint density at radius 1 is 1.21 bits per heavy atom. The molecule has 3 heteroatoms. The highest BCUT2D eigenvalue weighted by Crippen LogP contribution is 2.17. The molecule has 1 rings (SSSR count). The molecule has 1 aromatic rings. The molecule has 106 valence electrons. The Balaban J connectivity index is 2.19. The summed E-state index contributed by atoms with van der Waals surface area (Å²) in [5.74, 6) is 0.148. The van der Waals surface area contributed by atoms with Crippen LogP contribution >= 0.6 is 0 Å². The zero-order valence-corrected chi connectivity index (χ0v) is 12.6. The second kappa shape index (κ2) is 7.17. The fourth-order valence-corrected chi connectivity index (χ4v) is 1.90. The Kier molecular flexibility index (Phi) is 5.87. The van der Waals surface area contributed by atoms with Crippen molar-refractivity contribution in [2.24, 2.45) is 5.41 Å². The predicted octanol–water partition coefficient (Wildman–Crippen LogP) is 3.07. The third-order valence-electron chi connectivity index (χ3n) is 2.88. The Morgan fingerprint density at radius 2 is 1.84 bits per heavy atom. The molecule has 0 atom stereocenters. The number of nitrogens with zero attached hydrogens (tertiary/aromatic N) is 1. The van der Waals surface area contributed by atoms with E-state index in [-0.39, 0.29) is 11.3 Å². The first-order chi connectivity index (χ1) is 8.88. The minimum Gasteiger partial charge on any atom is -0.375 e. The van der Waals surface area contributed by atoms with E-state index in [4.69, 9.17) is 0 Å². The van der Waals surface area contributed by atoms with Crippen LogP contribution in [0.5, 0.6) is 0 Å². The zero-order chi connectivity index (χ0) is 14.3. The summed E-state index contributed by atoms with van der Waals surface area (Å²) in [6.45, 7) is 7.92. The summed E-state index contributed by atoms with van der Waals surface area (Å²) in [7, 11) is 2.08. The number of benzene rings is 1. The van der Waals surface area contributed by atoms with Gasteiger partial charge in [0.1, 0.15) is 0 Å². The largest absolute Gasteiger partial charge is 0.375 e. The molecular weight excluding hydrogens is 236 g/mol. The fraction of sp³-hybridized carbons (Fsp3) is 0.562. The van der Waals surface area contributed by atoms with Gasteiger partial charge in [-0.15, -0.1) is 0 Å². The number of hydrogen-bond acceptors (Lipinski definition) is 2. The van der Waals surface area contributed by atoms with E-state index in [0.717, 1.165) is 19.5 Å². The molecule has 1 amide bonds. The van der Waals surface area contributed by atoms with Gasteiger partial charge in [0.2, 0.25) is 5.91 Å². The normalized spacial score (nSPS) is 11.2. The van der Waals surface area contributed by atoms with Gasteiger partial charge in [-0.05, 0) is 24.0 Å². The molecule has 1 N–H and O–H groups in total. The molecule has 0 fully saturated rings. The predicted molar refractivity (Wildman–Crippen MR) is 81.4 cm³/mol. The fourth-order valence-electron chi connectivity index (χ4n) is 1.90. The molecule has 0 aliphatic carbocycles. The first kappa shape index (κ1) is 15.5. The van der Waals surface area contributed by atoms with Gasteiger partial charge in [-0.2, -0.15) is 0 Å². The van der Waals surface area contributed by atoms with Crippen LogP contribution in [0.4, 0.5) is 5.69 Å². The van der Waals surface area contributed by atoms with Gasteiger partial charge in [0.15, 0.2) is 0 Å². The lowest BCUT2D eigenvalue weighted by Crippen LogP contribution is -2.30. The second-order valence-electron chi connectivity index (χ2n) is 6.20. The van der Waals surface area contributed by atoms with E-state index >= 15 is 0 Å². The highest BCUT2D eigenvalue weighted by atomic mass is 16.1. The van der Waals surface area contributed by atoms with Gasteiger partial charge < -0.3 is 10.2 Å². The highest BCUT2D eigenvalue weighted by molar-refractivity contribution is 5.76. The van der Waals surface area contributed by atoms with Crippen molar-refractivity contribution in [1.82, 2.24) is 5.32 Å². The first-order valence-electron chi connectivity index (χ1n) is 6.91. The minimum atomic E-state index is 0.0604. The molecular formula is C16H26N2O. The van der Waals surface area contributed by atoms with Crippen molar-refractivity contribution < 1.29 is 4.79 Å². The molecule has 0 saturated carbocycles. The van der Waals surface area contributed by atoms with Gasteiger partial charge >= 0.3 is 0 Å². The van der Waals surface area contributed by atoms with Crippen LogP contribution in [0.2, 0.25) is 0 Å². The number of carbonyl (C=O) groups excluding carboxylic acids is 1. The topological polar surface area (TPSA) is 32.3 Å². The Hall–Kier alpha value is -1.51. The van der Waals surface area contributed by atoms with Gasteiger partial charge in [0, 0.05) is 32.2 Å². The van der Waals surface area contributed by atoms with Crippen molar-refractivity contribution in [2.45, 2.75) is 33.6 Å². The lowest BCUT2D eigenvalue weighted by atomic mass is 9.92. The van der Waals surface area contributed by atoms with Crippen molar-refractivity contribution in [1.29, 1.82) is 0 Å². The molecule has 1 aromatic carbocycles. The van der Waals surface area contributed by atoms with Gasteiger partial charge in [0.25, 0.3) is 0 Å². The molecule has 0 saturated heterocycles. The Labute approximate surface area is 117 Å². The van der Waals surface area contributed by atoms with Crippen LogP contribution in [0, 0.1) is 5.41 Å². The number of anilines is 1. The zero-order valence-electron chi connectivity index (χ0n) is 12.6. The number of rotatable bonds is 6. The van der Waals surface area contributed by atoms with Gasteiger partial charge in [-0.3, -0.25) is 4.79 Å². The van der Waals surface area contributed by atoms with Crippen molar-refractivity contribution in [3.63, 3.8) is 0 Å². The maximum absolute atomic E-state index is 11.6. The lowest BCUT2D eigenvalue weighted by molar-refractivity contribution is -0.122. The third-order valence-corrected chi connectivity index (χ3v) is 2.88. The average molecular weight is 262 g/mol. The van der Waals surface area contributed by atoms with Crippen LogP contribution in [0.15, 0.2) is 30.3 Å². The maximum atomic E-state index is 11.6. The van der Waals surface area contributed by atoms with Crippen molar-refractivity contribution in [3.8, 4) is 0 Å². The van der Waals surface area contributed by atoms with E-state index in [1.54, 1.807) is 0 Å². The number of amides is 1. The molecule has 0 aliphatic rings. The van der Waals surface area contributed by atoms with Crippen LogP contribution in [0.1, 0.15) is 33.6 Å². The number of hydrogen-bond donors (Lipinski definition) is 1. The van der Waals surface area contributed by atoms with E-state index < -0.39 is 0 Å². The standard InChI is InChI=1S/C16H26N2O/c1-16(2,3)13-15(19)17-11-8-12-18(4)14-9-6-5-7-10-14/h5-7,9-10H,8,11-13H2,1-4H3,(H,17,19). The van der Waals surface area contributed by atoms with Gasteiger partial charge in [-0.25, -0.2) is 0 Å². The summed E-state index contributed by atoms with van der Waals surface area (Å²) in [6.07, 6.45) is 1.54. The summed E-state index contributed by atoms with van der Waals surface area (Å²) in [5, 5.41) is 2.98. The minimum absolute atomic E-state index is 0.0604. The van der Waals surface area contributed by atoms with E-state index in [2.05, 4.69) is 50.2 Å². The molecule has 0 aliphatic heterocycles. The summed E-state index contributed by atoms with van der Waals surface area (Å²) in [5.41, 5.74) is 1.27. The van der Waals surface area contributed by atoms with Crippen LogP contribution in [-0.2, 0) is 4.79 Å². The number of carbonyl (C=O) groups is 1. The molecule has 0 radical (unpaired) electrons. The summed E-state index contributed by atoms with van der Waals surface area (Å²) in [6, 6.07) is 10.3. The molecule has 19 heavy (non-hydrogen) atoms. The van der Waals surface area contributed by atoms with E-state index in [9.17, 15) is 4.79 Å². The van der Waals surface area contributed by atoms with Crippen LogP contribution in [0.25, 0.3) is 0 Å². The highest BCUT2D eigenvalue weighted by Gasteiger charge is 2.15.